The summed E-state index contributed by atoms with van der Waals surface area (Å²) in [6, 6.07) is 4.88. The summed E-state index contributed by atoms with van der Waals surface area (Å²) in [7, 11) is 0. The van der Waals surface area contributed by atoms with Gasteiger partial charge < -0.3 is 5.32 Å². The molecule has 0 unspecified atom stereocenters. The van der Waals surface area contributed by atoms with Crippen LogP contribution < -0.4 is 5.32 Å². The monoisotopic (exact) mass is 242 g/mol. The van der Waals surface area contributed by atoms with E-state index in [-0.39, 0.29) is 11.9 Å². The zero-order valence-corrected chi connectivity index (χ0v) is 10.1. The van der Waals surface area contributed by atoms with Crippen molar-refractivity contribution < 1.29 is 4.39 Å². The molecule has 1 aromatic carbocycles. The van der Waals surface area contributed by atoms with Gasteiger partial charge in [0.25, 0.3) is 0 Å². The number of hydrogen-bond acceptors (Lipinski definition) is 2. The normalized spacial score (nSPS) is 19.7. The molecule has 0 spiro atoms. The maximum Gasteiger partial charge on any atom is 0.124 e. The van der Waals surface area contributed by atoms with Crippen molar-refractivity contribution in [3.05, 3.63) is 34.6 Å². The second kappa shape index (κ2) is 5.13. The lowest BCUT2D eigenvalue weighted by atomic mass is 10.1. The van der Waals surface area contributed by atoms with Gasteiger partial charge in [-0.05, 0) is 24.6 Å². The minimum atomic E-state index is -0.277. The second-order valence-corrected chi connectivity index (χ2v) is 4.53. The Bertz CT molecular complexity index is 364. The topological polar surface area (TPSA) is 15.3 Å². The van der Waals surface area contributed by atoms with Crippen LogP contribution in [0.4, 0.5) is 4.39 Å². The van der Waals surface area contributed by atoms with Crippen molar-refractivity contribution in [1.82, 2.24) is 10.2 Å². The number of rotatable bonds is 2. The van der Waals surface area contributed by atoms with Crippen LogP contribution in [0.1, 0.15) is 18.5 Å². The van der Waals surface area contributed by atoms with Crippen LogP contribution in [-0.2, 0) is 0 Å². The molecule has 0 aromatic heterocycles. The van der Waals surface area contributed by atoms with E-state index in [4.69, 9.17) is 11.6 Å². The molecule has 4 heteroatoms. The molecule has 1 heterocycles. The molecule has 2 rings (SSSR count). The van der Waals surface area contributed by atoms with Crippen LogP contribution >= 0.6 is 11.6 Å². The van der Waals surface area contributed by atoms with Gasteiger partial charge in [-0.2, -0.15) is 0 Å². The fourth-order valence-electron chi connectivity index (χ4n) is 2.11. The summed E-state index contributed by atoms with van der Waals surface area (Å²) in [6.07, 6.45) is 0. The Balaban J connectivity index is 2.15. The molecule has 0 saturated carbocycles. The fraction of sp³-hybridized carbons (Fsp3) is 0.500. The highest BCUT2D eigenvalue weighted by Crippen LogP contribution is 2.27. The molecule has 1 aliphatic rings. The van der Waals surface area contributed by atoms with Crippen LogP contribution in [0.5, 0.6) is 0 Å². The second-order valence-electron chi connectivity index (χ2n) is 4.13. The predicted molar refractivity (Wildman–Crippen MR) is 64.3 cm³/mol. The summed E-state index contributed by atoms with van der Waals surface area (Å²) in [5.41, 5.74) is 1.00. The minimum Gasteiger partial charge on any atom is -0.314 e. The highest BCUT2D eigenvalue weighted by Gasteiger charge is 2.19. The third-order valence-corrected chi connectivity index (χ3v) is 3.44. The molecule has 2 nitrogen and oxygen atoms in total. The first-order chi connectivity index (χ1) is 7.68. The van der Waals surface area contributed by atoms with Crippen LogP contribution in [0.2, 0.25) is 5.02 Å². The predicted octanol–water partition coefficient (Wildman–Crippen LogP) is 2.45. The Hall–Kier alpha value is -0.640. The van der Waals surface area contributed by atoms with E-state index >= 15 is 0 Å². The fourth-order valence-corrected chi connectivity index (χ4v) is 2.43. The van der Waals surface area contributed by atoms with Gasteiger partial charge in [0, 0.05) is 37.2 Å². The molecule has 1 N–H and O–H groups in total. The highest BCUT2D eigenvalue weighted by atomic mass is 35.5. The molecule has 0 radical (unpaired) electrons. The standard InChI is InChI=1S/C12H16ClFN2/c1-9(16-6-4-15-5-7-16)11-3-2-10(14)8-12(11)13/h2-3,8-9,15H,4-7H2,1H3/t9-/m1/s1. The summed E-state index contributed by atoms with van der Waals surface area (Å²) in [5.74, 6) is -0.277. The van der Waals surface area contributed by atoms with Gasteiger partial charge >= 0.3 is 0 Å². The molecule has 1 aliphatic heterocycles. The zero-order chi connectivity index (χ0) is 11.5. The Morgan fingerprint density at radius 1 is 1.38 bits per heavy atom. The van der Waals surface area contributed by atoms with E-state index in [9.17, 15) is 4.39 Å². The quantitative estimate of drug-likeness (QED) is 0.857. The smallest absolute Gasteiger partial charge is 0.124 e. The van der Waals surface area contributed by atoms with Crippen LogP contribution in [0.15, 0.2) is 18.2 Å². The van der Waals surface area contributed by atoms with Crippen LogP contribution in [-0.4, -0.2) is 31.1 Å². The molecule has 0 amide bonds. The van der Waals surface area contributed by atoms with Crippen LogP contribution in [0.25, 0.3) is 0 Å². The van der Waals surface area contributed by atoms with Gasteiger partial charge in [0.05, 0.1) is 0 Å². The van der Waals surface area contributed by atoms with Crippen LogP contribution in [0.3, 0.4) is 0 Å². The summed E-state index contributed by atoms with van der Waals surface area (Å²) < 4.78 is 12.9. The highest BCUT2D eigenvalue weighted by molar-refractivity contribution is 6.31. The number of benzene rings is 1. The van der Waals surface area contributed by atoms with Gasteiger partial charge in [0.1, 0.15) is 5.82 Å². The van der Waals surface area contributed by atoms with Gasteiger partial charge in [-0.15, -0.1) is 0 Å². The van der Waals surface area contributed by atoms with E-state index in [0.717, 1.165) is 31.7 Å². The molecule has 16 heavy (non-hydrogen) atoms. The Morgan fingerprint density at radius 2 is 2.06 bits per heavy atom. The van der Waals surface area contributed by atoms with Crippen molar-refractivity contribution in [3.63, 3.8) is 0 Å². The molecule has 88 valence electrons. The minimum absolute atomic E-state index is 0.246. The summed E-state index contributed by atoms with van der Waals surface area (Å²) in [4.78, 5) is 2.36. The number of nitrogens with zero attached hydrogens (tertiary/aromatic N) is 1. The van der Waals surface area contributed by atoms with E-state index < -0.39 is 0 Å². The molecular weight excluding hydrogens is 227 g/mol. The molecular formula is C12H16ClFN2. The molecule has 1 fully saturated rings. The number of halogens is 2. The first-order valence-electron chi connectivity index (χ1n) is 5.58. The van der Waals surface area contributed by atoms with Gasteiger partial charge in [-0.1, -0.05) is 17.7 Å². The van der Waals surface area contributed by atoms with Crippen molar-refractivity contribution in [2.45, 2.75) is 13.0 Å². The average molecular weight is 243 g/mol. The maximum atomic E-state index is 12.9. The Labute approximate surface area is 100 Å². The van der Waals surface area contributed by atoms with Gasteiger partial charge in [-0.3, -0.25) is 4.90 Å². The Morgan fingerprint density at radius 3 is 2.69 bits per heavy atom. The SMILES string of the molecule is C[C@H](c1ccc(F)cc1Cl)N1CCNCC1. The van der Waals surface area contributed by atoms with Crippen molar-refractivity contribution in [2.24, 2.45) is 0 Å². The van der Waals surface area contributed by atoms with Crippen LogP contribution in [0, 0.1) is 5.82 Å². The van der Waals surface area contributed by atoms with Crippen molar-refractivity contribution >= 4 is 11.6 Å². The first kappa shape index (κ1) is 11.8. The third-order valence-electron chi connectivity index (χ3n) is 3.11. The molecule has 1 saturated heterocycles. The van der Waals surface area contributed by atoms with E-state index in [0.29, 0.717) is 5.02 Å². The number of hydrogen-bond donors (Lipinski definition) is 1. The van der Waals surface area contributed by atoms with E-state index in [1.807, 2.05) is 0 Å². The van der Waals surface area contributed by atoms with Crippen molar-refractivity contribution in [2.75, 3.05) is 26.2 Å². The van der Waals surface area contributed by atoms with Gasteiger partial charge in [-0.25, -0.2) is 4.39 Å². The average Bonchev–Trinajstić information content (AvgIpc) is 2.29. The third kappa shape index (κ3) is 2.54. The summed E-state index contributed by atoms with van der Waals surface area (Å²) in [5, 5.41) is 3.83. The summed E-state index contributed by atoms with van der Waals surface area (Å²) >= 11 is 6.06. The maximum absolute atomic E-state index is 12.9. The number of nitrogens with one attached hydrogen (secondary N) is 1. The lowest BCUT2D eigenvalue weighted by molar-refractivity contribution is 0.185. The Kier molecular flexibility index (Phi) is 3.79. The van der Waals surface area contributed by atoms with Gasteiger partial charge in [0.15, 0.2) is 0 Å². The first-order valence-corrected chi connectivity index (χ1v) is 5.96. The van der Waals surface area contributed by atoms with Crippen molar-refractivity contribution in [1.29, 1.82) is 0 Å². The largest absolute Gasteiger partial charge is 0.314 e. The van der Waals surface area contributed by atoms with Crippen molar-refractivity contribution in [3.8, 4) is 0 Å². The number of piperazine rings is 1. The molecule has 1 atom stereocenters. The lowest BCUT2D eigenvalue weighted by Gasteiger charge is -2.33. The molecule has 1 aromatic rings. The van der Waals surface area contributed by atoms with E-state index in [2.05, 4.69) is 17.1 Å². The lowest BCUT2D eigenvalue weighted by Crippen LogP contribution is -2.44. The molecule has 0 bridgehead atoms. The molecule has 0 aliphatic carbocycles. The van der Waals surface area contributed by atoms with E-state index in [1.165, 1.54) is 12.1 Å². The zero-order valence-electron chi connectivity index (χ0n) is 9.34. The van der Waals surface area contributed by atoms with Gasteiger partial charge in [0.2, 0.25) is 0 Å². The van der Waals surface area contributed by atoms with E-state index in [1.54, 1.807) is 6.07 Å². The summed E-state index contributed by atoms with van der Waals surface area (Å²) in [6.45, 7) is 6.14.